The van der Waals surface area contributed by atoms with E-state index >= 15 is 0 Å². The minimum absolute atomic E-state index is 0.00379. The van der Waals surface area contributed by atoms with Crippen molar-refractivity contribution in [2.45, 2.75) is 58.2 Å². The quantitative estimate of drug-likeness (QED) is 0.794. The molecule has 0 amide bonds. The van der Waals surface area contributed by atoms with Gasteiger partial charge in [0.25, 0.3) is 0 Å². The second-order valence-corrected chi connectivity index (χ2v) is 6.02. The van der Waals surface area contributed by atoms with Crippen LogP contribution in [-0.2, 0) is 4.74 Å². The molecule has 0 spiro atoms. The highest BCUT2D eigenvalue weighted by Gasteiger charge is 2.27. The van der Waals surface area contributed by atoms with Crippen molar-refractivity contribution in [3.05, 3.63) is 35.6 Å². The second-order valence-electron chi connectivity index (χ2n) is 6.02. The molecule has 1 saturated heterocycles. The van der Waals surface area contributed by atoms with Crippen LogP contribution in [0.3, 0.4) is 0 Å². The molecule has 0 radical (unpaired) electrons. The number of piperidine rings is 1. The number of hydrogen-bond acceptors (Lipinski definition) is 3. The summed E-state index contributed by atoms with van der Waals surface area (Å²) in [5.74, 6) is -1.12. The van der Waals surface area contributed by atoms with Crippen LogP contribution in [0, 0.1) is 5.82 Å². The fourth-order valence-corrected chi connectivity index (χ4v) is 3.04. The summed E-state index contributed by atoms with van der Waals surface area (Å²) in [5.41, 5.74) is 0.00379. The molecule has 1 aliphatic rings. The second kappa shape index (κ2) is 7.03. The van der Waals surface area contributed by atoms with Crippen molar-refractivity contribution in [1.82, 2.24) is 4.90 Å². The first-order valence-corrected chi connectivity index (χ1v) is 7.70. The lowest BCUT2D eigenvalue weighted by molar-refractivity contribution is 0.00775. The number of rotatable bonds is 4. The molecule has 4 heteroatoms. The minimum atomic E-state index is -0.585. The number of nitrogens with zero attached hydrogens (tertiary/aromatic N) is 1. The van der Waals surface area contributed by atoms with Crippen molar-refractivity contribution < 1.29 is 13.9 Å². The van der Waals surface area contributed by atoms with E-state index in [2.05, 4.69) is 18.7 Å². The van der Waals surface area contributed by atoms with Crippen LogP contribution in [0.4, 0.5) is 4.39 Å². The molecule has 0 aromatic heterocycles. The molecule has 3 atom stereocenters. The summed E-state index contributed by atoms with van der Waals surface area (Å²) in [7, 11) is 0. The van der Waals surface area contributed by atoms with Crippen molar-refractivity contribution in [3.63, 3.8) is 0 Å². The fourth-order valence-electron chi connectivity index (χ4n) is 3.04. The summed E-state index contributed by atoms with van der Waals surface area (Å²) >= 11 is 0. The van der Waals surface area contributed by atoms with Crippen LogP contribution in [0.5, 0.6) is 0 Å². The van der Waals surface area contributed by atoms with Gasteiger partial charge in [-0.3, -0.25) is 4.90 Å². The van der Waals surface area contributed by atoms with E-state index in [-0.39, 0.29) is 11.7 Å². The number of benzene rings is 1. The molecule has 1 fully saturated rings. The van der Waals surface area contributed by atoms with Crippen molar-refractivity contribution in [3.8, 4) is 0 Å². The van der Waals surface area contributed by atoms with Gasteiger partial charge in [-0.2, -0.15) is 0 Å². The first kappa shape index (κ1) is 16.0. The Bertz CT molecular complexity index is 481. The number of carbonyl (C=O) groups is 1. The van der Waals surface area contributed by atoms with Crippen molar-refractivity contribution in [2.75, 3.05) is 6.54 Å². The normalized spacial score (nSPS) is 24.6. The summed E-state index contributed by atoms with van der Waals surface area (Å²) in [4.78, 5) is 14.4. The van der Waals surface area contributed by atoms with E-state index < -0.39 is 11.8 Å². The first-order valence-electron chi connectivity index (χ1n) is 7.70. The van der Waals surface area contributed by atoms with Crippen LogP contribution in [0.25, 0.3) is 0 Å². The van der Waals surface area contributed by atoms with Gasteiger partial charge in [-0.25, -0.2) is 9.18 Å². The van der Waals surface area contributed by atoms with Gasteiger partial charge in [-0.05, 0) is 45.7 Å². The molecule has 0 unspecified atom stereocenters. The van der Waals surface area contributed by atoms with Crippen LogP contribution >= 0.6 is 0 Å². The Balaban J connectivity index is 1.93. The monoisotopic (exact) mass is 293 g/mol. The van der Waals surface area contributed by atoms with Crippen LogP contribution in [0.2, 0.25) is 0 Å². The van der Waals surface area contributed by atoms with Gasteiger partial charge in [0.05, 0.1) is 5.56 Å². The lowest BCUT2D eigenvalue weighted by Gasteiger charge is -2.40. The Morgan fingerprint density at radius 1 is 1.33 bits per heavy atom. The van der Waals surface area contributed by atoms with E-state index in [1.54, 1.807) is 12.1 Å². The fraction of sp³-hybridized carbons (Fsp3) is 0.588. The van der Waals surface area contributed by atoms with Gasteiger partial charge >= 0.3 is 5.97 Å². The zero-order valence-electron chi connectivity index (χ0n) is 13.0. The number of hydrogen-bond donors (Lipinski definition) is 0. The Hall–Kier alpha value is -1.42. The summed E-state index contributed by atoms with van der Waals surface area (Å²) in [6, 6.07) is 6.94. The van der Waals surface area contributed by atoms with Gasteiger partial charge < -0.3 is 4.74 Å². The average molecular weight is 293 g/mol. The van der Waals surface area contributed by atoms with E-state index in [0.29, 0.717) is 18.6 Å². The number of likely N-dealkylation sites (tertiary alicyclic amines) is 1. The lowest BCUT2D eigenvalue weighted by Crippen LogP contribution is -2.47. The highest BCUT2D eigenvalue weighted by atomic mass is 19.1. The van der Waals surface area contributed by atoms with Crippen LogP contribution in [-0.4, -0.2) is 35.6 Å². The van der Waals surface area contributed by atoms with Gasteiger partial charge in [0.2, 0.25) is 0 Å². The smallest absolute Gasteiger partial charge is 0.341 e. The highest BCUT2D eigenvalue weighted by Crippen LogP contribution is 2.23. The zero-order chi connectivity index (χ0) is 15.4. The van der Waals surface area contributed by atoms with Crippen molar-refractivity contribution >= 4 is 5.97 Å². The molecule has 0 saturated carbocycles. The molecular formula is C17H24FNO2. The Morgan fingerprint density at radius 3 is 2.57 bits per heavy atom. The molecule has 116 valence electrons. The zero-order valence-corrected chi connectivity index (χ0v) is 13.0. The van der Waals surface area contributed by atoms with E-state index in [1.165, 1.54) is 31.4 Å². The lowest BCUT2D eigenvalue weighted by atomic mass is 9.97. The topological polar surface area (TPSA) is 29.5 Å². The molecule has 21 heavy (non-hydrogen) atoms. The summed E-state index contributed by atoms with van der Waals surface area (Å²) in [6.45, 7) is 6.98. The molecule has 2 rings (SSSR count). The average Bonchev–Trinajstić information content (AvgIpc) is 2.43. The summed E-state index contributed by atoms with van der Waals surface area (Å²) < 4.78 is 19.0. The number of halogens is 1. The van der Waals surface area contributed by atoms with Gasteiger partial charge in [0, 0.05) is 18.6 Å². The van der Waals surface area contributed by atoms with E-state index in [9.17, 15) is 9.18 Å². The number of ether oxygens (including phenoxy) is 1. The van der Waals surface area contributed by atoms with E-state index in [1.807, 2.05) is 6.92 Å². The summed E-state index contributed by atoms with van der Waals surface area (Å²) in [6.07, 6.45) is 3.36. The largest absolute Gasteiger partial charge is 0.458 e. The van der Waals surface area contributed by atoms with Gasteiger partial charge in [-0.15, -0.1) is 0 Å². The SMILES string of the molecule is C[C@H](CN1[C@@H](C)CCC[C@@H]1C)OC(=O)c1ccccc1F. The van der Waals surface area contributed by atoms with Crippen LogP contribution < -0.4 is 0 Å². The van der Waals surface area contributed by atoms with Gasteiger partial charge in [-0.1, -0.05) is 18.6 Å². The van der Waals surface area contributed by atoms with E-state index in [4.69, 9.17) is 4.74 Å². The predicted molar refractivity (Wildman–Crippen MR) is 80.8 cm³/mol. The Morgan fingerprint density at radius 2 is 1.95 bits per heavy atom. The van der Waals surface area contributed by atoms with Crippen LogP contribution in [0.15, 0.2) is 24.3 Å². The molecule has 3 nitrogen and oxygen atoms in total. The Labute approximate surface area is 126 Å². The maximum absolute atomic E-state index is 13.6. The number of carbonyl (C=O) groups excluding carboxylic acids is 1. The van der Waals surface area contributed by atoms with Gasteiger partial charge in [0.15, 0.2) is 0 Å². The molecular weight excluding hydrogens is 269 g/mol. The Kier molecular flexibility index (Phi) is 5.34. The maximum Gasteiger partial charge on any atom is 0.341 e. The molecule has 1 aromatic rings. The molecule has 1 aromatic carbocycles. The van der Waals surface area contributed by atoms with E-state index in [0.717, 1.165) is 0 Å². The van der Waals surface area contributed by atoms with Crippen LogP contribution in [0.1, 0.15) is 50.4 Å². The van der Waals surface area contributed by atoms with Crippen molar-refractivity contribution in [2.24, 2.45) is 0 Å². The predicted octanol–water partition coefficient (Wildman–Crippen LogP) is 3.63. The molecule has 0 aliphatic carbocycles. The standard InChI is InChI=1S/C17H24FNO2/c1-12-7-6-8-13(2)19(12)11-14(3)21-17(20)15-9-4-5-10-16(15)18/h4-5,9-10,12-14H,6-8,11H2,1-3H3/t12-,13-,14+/m0/s1. The third kappa shape index (κ3) is 4.03. The molecule has 0 bridgehead atoms. The third-order valence-electron chi connectivity index (χ3n) is 4.25. The van der Waals surface area contributed by atoms with Crippen molar-refractivity contribution in [1.29, 1.82) is 0 Å². The minimum Gasteiger partial charge on any atom is -0.458 e. The maximum atomic E-state index is 13.6. The third-order valence-corrected chi connectivity index (χ3v) is 4.25. The van der Waals surface area contributed by atoms with Gasteiger partial charge in [0.1, 0.15) is 11.9 Å². The number of esters is 1. The molecule has 0 N–H and O–H groups in total. The first-order chi connectivity index (χ1) is 9.99. The summed E-state index contributed by atoms with van der Waals surface area (Å²) in [5, 5.41) is 0. The molecule has 1 aliphatic heterocycles. The molecule has 1 heterocycles. The highest BCUT2D eigenvalue weighted by molar-refractivity contribution is 5.89.